The van der Waals surface area contributed by atoms with E-state index in [1.807, 2.05) is 32.0 Å². The maximum absolute atomic E-state index is 11.7. The molecule has 0 saturated heterocycles. The van der Waals surface area contributed by atoms with Gasteiger partial charge in [0.25, 0.3) is 0 Å². The molecule has 1 atom stereocenters. The van der Waals surface area contributed by atoms with E-state index in [-0.39, 0.29) is 22.6 Å². The number of pyridine rings is 1. The molecule has 0 spiro atoms. The summed E-state index contributed by atoms with van der Waals surface area (Å²) in [6.45, 7) is 5.43. The first kappa shape index (κ1) is 16.7. The normalized spacial score (nSPS) is 15.7. The molecule has 1 aliphatic heterocycles. The SMILES string of the molecule is Cc1cc(=O)oc2c(C)c3c(cc12)C(C[n+]1ccccc1)CO3.[Br-]. The van der Waals surface area contributed by atoms with Crippen LogP contribution >= 0.6 is 0 Å². The zero-order chi connectivity index (χ0) is 16.0. The highest BCUT2D eigenvalue weighted by Crippen LogP contribution is 2.41. The maximum Gasteiger partial charge on any atom is 0.336 e. The third-order valence-corrected chi connectivity index (χ3v) is 4.53. The Kier molecular flexibility index (Phi) is 4.45. The Hall–Kier alpha value is -2.14. The van der Waals surface area contributed by atoms with Crippen molar-refractivity contribution in [3.05, 3.63) is 69.8 Å². The number of rotatable bonds is 2. The number of ether oxygens (including phenoxy) is 1. The average molecular weight is 388 g/mol. The molecule has 3 heterocycles. The van der Waals surface area contributed by atoms with Gasteiger partial charge < -0.3 is 26.1 Å². The largest absolute Gasteiger partial charge is 1.00 e. The van der Waals surface area contributed by atoms with E-state index in [1.54, 1.807) is 6.07 Å². The number of benzene rings is 1. The van der Waals surface area contributed by atoms with Gasteiger partial charge in [-0.3, -0.25) is 0 Å². The number of fused-ring (bicyclic) bond motifs is 2. The van der Waals surface area contributed by atoms with Crippen LogP contribution in [-0.2, 0) is 6.54 Å². The standard InChI is InChI=1S/C19H18NO3.BrH/c1-12-8-17(21)23-19-13(2)18-16(9-15(12)19)14(11-22-18)10-20-6-4-3-5-7-20;/h3-9,14H,10-11H2,1-2H3;1H/q+1;/p-1. The summed E-state index contributed by atoms with van der Waals surface area (Å²) < 4.78 is 13.5. The highest BCUT2D eigenvalue weighted by molar-refractivity contribution is 5.86. The number of hydrogen-bond donors (Lipinski definition) is 0. The van der Waals surface area contributed by atoms with E-state index in [9.17, 15) is 4.79 Å². The lowest BCUT2D eigenvalue weighted by Crippen LogP contribution is -3.00. The molecule has 0 saturated carbocycles. The maximum atomic E-state index is 11.7. The van der Waals surface area contributed by atoms with E-state index in [0.29, 0.717) is 18.1 Å². The highest BCUT2D eigenvalue weighted by atomic mass is 79.9. The summed E-state index contributed by atoms with van der Waals surface area (Å²) in [7, 11) is 0. The van der Waals surface area contributed by atoms with Gasteiger partial charge in [0.05, 0.1) is 5.92 Å². The Morgan fingerprint density at radius 1 is 1.17 bits per heavy atom. The monoisotopic (exact) mass is 387 g/mol. The number of nitrogens with zero attached hydrogens (tertiary/aromatic N) is 1. The Morgan fingerprint density at radius 3 is 2.67 bits per heavy atom. The molecule has 24 heavy (non-hydrogen) atoms. The average Bonchev–Trinajstić information content (AvgIpc) is 2.93. The molecular formula is C19H18BrNO3. The summed E-state index contributed by atoms with van der Waals surface area (Å²) in [5.41, 5.74) is 3.39. The molecular weight excluding hydrogens is 370 g/mol. The quantitative estimate of drug-likeness (QED) is 0.454. The summed E-state index contributed by atoms with van der Waals surface area (Å²) in [5.74, 6) is 1.17. The van der Waals surface area contributed by atoms with Gasteiger partial charge in [0.1, 0.15) is 17.9 Å². The lowest BCUT2D eigenvalue weighted by molar-refractivity contribution is -0.699. The molecule has 3 aromatic rings. The fourth-order valence-electron chi connectivity index (χ4n) is 3.35. The lowest BCUT2D eigenvalue weighted by Gasteiger charge is -2.10. The molecule has 1 aliphatic rings. The molecule has 2 aromatic heterocycles. The first-order valence-electron chi connectivity index (χ1n) is 7.78. The van der Waals surface area contributed by atoms with Gasteiger partial charge in [0, 0.05) is 34.7 Å². The molecule has 124 valence electrons. The Bertz CT molecular complexity index is 950. The third kappa shape index (κ3) is 2.73. The van der Waals surface area contributed by atoms with Crippen LogP contribution in [0.4, 0.5) is 0 Å². The van der Waals surface area contributed by atoms with Gasteiger partial charge in [0.15, 0.2) is 18.9 Å². The van der Waals surface area contributed by atoms with Crippen molar-refractivity contribution in [3.8, 4) is 5.75 Å². The molecule has 0 radical (unpaired) electrons. The second-order valence-electron chi connectivity index (χ2n) is 6.13. The molecule has 1 unspecified atom stereocenters. The van der Waals surface area contributed by atoms with Gasteiger partial charge in [-0.1, -0.05) is 6.07 Å². The van der Waals surface area contributed by atoms with E-state index in [4.69, 9.17) is 9.15 Å². The van der Waals surface area contributed by atoms with Crippen LogP contribution in [0.1, 0.15) is 22.6 Å². The highest BCUT2D eigenvalue weighted by Gasteiger charge is 2.30. The summed E-state index contributed by atoms with van der Waals surface area (Å²) in [6, 6.07) is 9.74. The zero-order valence-corrected chi connectivity index (χ0v) is 15.2. The molecule has 0 aliphatic carbocycles. The van der Waals surface area contributed by atoms with Gasteiger partial charge in [-0.05, 0) is 25.5 Å². The van der Waals surface area contributed by atoms with E-state index < -0.39 is 0 Å². The Balaban J connectivity index is 0.00000169. The first-order chi connectivity index (χ1) is 11.1. The number of aryl methyl sites for hydroxylation is 2. The van der Waals surface area contributed by atoms with Crippen molar-refractivity contribution in [3.63, 3.8) is 0 Å². The third-order valence-electron chi connectivity index (χ3n) is 4.53. The second kappa shape index (κ2) is 6.40. The number of aromatic nitrogens is 1. The van der Waals surface area contributed by atoms with Crippen LogP contribution in [0.5, 0.6) is 5.75 Å². The smallest absolute Gasteiger partial charge is 0.336 e. The molecule has 4 nitrogen and oxygen atoms in total. The van der Waals surface area contributed by atoms with Crippen molar-refractivity contribution in [2.45, 2.75) is 26.3 Å². The van der Waals surface area contributed by atoms with Crippen molar-refractivity contribution < 1.29 is 30.7 Å². The van der Waals surface area contributed by atoms with Crippen molar-refractivity contribution >= 4 is 11.0 Å². The van der Waals surface area contributed by atoms with E-state index in [0.717, 1.165) is 28.8 Å². The predicted molar refractivity (Wildman–Crippen MR) is 86.8 cm³/mol. The van der Waals surface area contributed by atoms with Gasteiger partial charge in [-0.15, -0.1) is 0 Å². The predicted octanol–water partition coefficient (Wildman–Crippen LogP) is -0.122. The fourth-order valence-corrected chi connectivity index (χ4v) is 3.35. The molecule has 4 rings (SSSR count). The van der Waals surface area contributed by atoms with Crippen LogP contribution in [-0.4, -0.2) is 6.61 Å². The summed E-state index contributed by atoms with van der Waals surface area (Å²) in [6.07, 6.45) is 4.13. The summed E-state index contributed by atoms with van der Waals surface area (Å²) in [5, 5.41) is 0.995. The number of halogens is 1. The van der Waals surface area contributed by atoms with Crippen molar-refractivity contribution in [2.24, 2.45) is 0 Å². The van der Waals surface area contributed by atoms with Gasteiger partial charge in [0.2, 0.25) is 0 Å². The molecule has 0 fully saturated rings. The minimum absolute atomic E-state index is 0. The molecule has 1 aromatic carbocycles. The van der Waals surface area contributed by atoms with Crippen molar-refractivity contribution in [1.29, 1.82) is 0 Å². The molecule has 0 N–H and O–H groups in total. The van der Waals surface area contributed by atoms with Crippen LogP contribution in [0, 0.1) is 13.8 Å². The lowest BCUT2D eigenvalue weighted by atomic mass is 9.95. The van der Waals surface area contributed by atoms with Crippen LogP contribution in [0.3, 0.4) is 0 Å². The van der Waals surface area contributed by atoms with Crippen LogP contribution in [0.25, 0.3) is 11.0 Å². The molecule has 0 amide bonds. The van der Waals surface area contributed by atoms with Gasteiger partial charge in [-0.2, -0.15) is 0 Å². The second-order valence-corrected chi connectivity index (χ2v) is 6.13. The van der Waals surface area contributed by atoms with Crippen LogP contribution < -0.4 is 31.9 Å². The fraction of sp³-hybridized carbons (Fsp3) is 0.263. The minimum Gasteiger partial charge on any atom is -1.00 e. The van der Waals surface area contributed by atoms with Crippen molar-refractivity contribution in [2.75, 3.05) is 6.61 Å². The molecule has 0 bridgehead atoms. The van der Waals surface area contributed by atoms with E-state index in [2.05, 4.69) is 23.0 Å². The van der Waals surface area contributed by atoms with Crippen LogP contribution in [0.2, 0.25) is 0 Å². The Labute approximate surface area is 150 Å². The topological polar surface area (TPSA) is 43.3 Å². The summed E-state index contributed by atoms with van der Waals surface area (Å²) >= 11 is 0. The number of hydrogen-bond acceptors (Lipinski definition) is 3. The van der Waals surface area contributed by atoms with Gasteiger partial charge >= 0.3 is 5.63 Å². The van der Waals surface area contributed by atoms with E-state index in [1.165, 1.54) is 5.56 Å². The van der Waals surface area contributed by atoms with Crippen molar-refractivity contribution in [1.82, 2.24) is 0 Å². The van der Waals surface area contributed by atoms with Gasteiger partial charge in [-0.25, -0.2) is 9.36 Å². The van der Waals surface area contributed by atoms with E-state index >= 15 is 0 Å². The molecule has 5 heteroatoms. The van der Waals surface area contributed by atoms with Crippen LogP contribution in [0.15, 0.2) is 51.9 Å². The zero-order valence-electron chi connectivity index (χ0n) is 13.6. The minimum atomic E-state index is -0.313. The Morgan fingerprint density at radius 2 is 1.92 bits per heavy atom. The summed E-state index contributed by atoms with van der Waals surface area (Å²) in [4.78, 5) is 11.7. The first-order valence-corrected chi connectivity index (χ1v) is 7.78.